The van der Waals surface area contributed by atoms with Crippen LogP contribution < -0.4 is 10.1 Å². The summed E-state index contributed by atoms with van der Waals surface area (Å²) in [6.07, 6.45) is 12.0. The van der Waals surface area contributed by atoms with Gasteiger partial charge < -0.3 is 19.4 Å². The average molecular weight is 533 g/mol. The second-order valence-corrected chi connectivity index (χ2v) is 10.0. The lowest BCUT2D eigenvalue weighted by Crippen LogP contribution is -2.11. The van der Waals surface area contributed by atoms with E-state index in [9.17, 15) is 9.59 Å². The summed E-state index contributed by atoms with van der Waals surface area (Å²) in [5, 5.41) is 4.14. The number of aromatic nitrogens is 1. The lowest BCUT2D eigenvalue weighted by atomic mass is 10.0. The highest BCUT2D eigenvalue weighted by Gasteiger charge is 2.14. The number of anilines is 1. The number of benzene rings is 2. The van der Waals surface area contributed by atoms with Crippen molar-refractivity contribution in [1.82, 2.24) is 4.57 Å². The Hall–Kier alpha value is -3.54. The van der Waals surface area contributed by atoms with Gasteiger partial charge in [0.15, 0.2) is 0 Å². The Morgan fingerprint density at radius 3 is 2.44 bits per heavy atom. The van der Waals surface area contributed by atoms with Gasteiger partial charge in [-0.25, -0.2) is 0 Å². The number of nitrogens with zero attached hydrogens (tertiary/aromatic N) is 1. The molecule has 1 aromatic heterocycles. The molecule has 6 nitrogen and oxygen atoms in total. The highest BCUT2D eigenvalue weighted by Crippen LogP contribution is 2.30. The SMILES string of the molecule is CCCCC(CCCC)n1ccc2cc(/C(C)=C/C(=O)Nc3ccccc3OCCCC(=O)OCC)ccc21. The number of fused-ring (bicyclic) bond motifs is 1. The van der Waals surface area contributed by atoms with E-state index in [1.807, 2.05) is 31.2 Å². The number of allylic oxidation sites excluding steroid dienone is 1. The molecule has 0 spiro atoms. The summed E-state index contributed by atoms with van der Waals surface area (Å²) in [6.45, 7) is 8.99. The van der Waals surface area contributed by atoms with Crippen LogP contribution in [0.3, 0.4) is 0 Å². The maximum Gasteiger partial charge on any atom is 0.305 e. The number of ether oxygens (including phenoxy) is 2. The van der Waals surface area contributed by atoms with Crippen LogP contribution in [0.4, 0.5) is 5.69 Å². The maximum absolute atomic E-state index is 12.9. The third kappa shape index (κ3) is 9.02. The number of para-hydroxylation sites is 2. The molecule has 2 aromatic carbocycles. The number of unbranched alkanes of at least 4 members (excludes halogenated alkanes) is 2. The molecule has 0 unspecified atom stereocenters. The van der Waals surface area contributed by atoms with E-state index in [-0.39, 0.29) is 11.9 Å². The van der Waals surface area contributed by atoms with E-state index in [1.54, 1.807) is 13.0 Å². The molecule has 39 heavy (non-hydrogen) atoms. The van der Waals surface area contributed by atoms with Crippen LogP contribution >= 0.6 is 0 Å². The van der Waals surface area contributed by atoms with E-state index in [1.165, 1.54) is 49.4 Å². The second kappa shape index (κ2) is 15.8. The standard InChI is InChI=1S/C33H44N2O4/c1-5-8-13-28(14-9-6-2)35-21-20-27-24-26(18-19-30(27)35)25(4)23-32(36)34-29-15-10-11-16-31(29)39-22-12-17-33(37)38-7-3/h10-11,15-16,18-21,23-24,28H,5-9,12-14,17,22H2,1-4H3,(H,34,36)/b25-23+. The normalized spacial score (nSPS) is 11.7. The molecule has 3 rings (SSSR count). The van der Waals surface area contributed by atoms with Crippen molar-refractivity contribution in [2.24, 2.45) is 0 Å². The molecule has 0 aliphatic carbocycles. The van der Waals surface area contributed by atoms with Gasteiger partial charge in [-0.05, 0) is 74.6 Å². The minimum Gasteiger partial charge on any atom is -0.491 e. The lowest BCUT2D eigenvalue weighted by molar-refractivity contribution is -0.143. The Morgan fingerprint density at radius 1 is 0.974 bits per heavy atom. The highest BCUT2D eigenvalue weighted by molar-refractivity contribution is 6.04. The van der Waals surface area contributed by atoms with Crippen LogP contribution in [0.5, 0.6) is 5.75 Å². The summed E-state index contributed by atoms with van der Waals surface area (Å²) in [6, 6.07) is 16.5. The van der Waals surface area contributed by atoms with E-state index in [0.29, 0.717) is 43.5 Å². The van der Waals surface area contributed by atoms with E-state index >= 15 is 0 Å². The molecule has 0 atom stereocenters. The zero-order chi connectivity index (χ0) is 28.0. The first-order valence-corrected chi connectivity index (χ1v) is 14.4. The summed E-state index contributed by atoms with van der Waals surface area (Å²) in [7, 11) is 0. The van der Waals surface area contributed by atoms with E-state index in [4.69, 9.17) is 9.47 Å². The molecule has 0 saturated heterocycles. The molecular formula is C33H44N2O4. The first kappa shape index (κ1) is 30.0. The molecule has 1 heterocycles. The van der Waals surface area contributed by atoms with Crippen LogP contribution in [-0.4, -0.2) is 29.7 Å². The fourth-order valence-corrected chi connectivity index (χ4v) is 4.81. The van der Waals surface area contributed by atoms with Crippen molar-refractivity contribution in [2.75, 3.05) is 18.5 Å². The summed E-state index contributed by atoms with van der Waals surface area (Å²) < 4.78 is 13.2. The van der Waals surface area contributed by atoms with E-state index in [0.717, 1.165) is 11.1 Å². The number of rotatable bonds is 16. The predicted molar refractivity (Wildman–Crippen MR) is 160 cm³/mol. The van der Waals surface area contributed by atoms with Crippen LogP contribution in [0.25, 0.3) is 16.5 Å². The Labute approximate surface area is 233 Å². The molecule has 0 aliphatic rings. The molecule has 210 valence electrons. The van der Waals surface area contributed by atoms with Crippen LogP contribution in [-0.2, 0) is 14.3 Å². The Kier molecular flexibility index (Phi) is 12.1. The number of amides is 1. The zero-order valence-electron chi connectivity index (χ0n) is 24.0. The first-order valence-electron chi connectivity index (χ1n) is 14.4. The van der Waals surface area contributed by atoms with Crippen molar-refractivity contribution < 1.29 is 19.1 Å². The maximum atomic E-state index is 12.9. The number of esters is 1. The topological polar surface area (TPSA) is 69.6 Å². The van der Waals surface area contributed by atoms with Gasteiger partial charge in [0.2, 0.25) is 5.91 Å². The Bertz CT molecular complexity index is 1240. The number of hydrogen-bond acceptors (Lipinski definition) is 4. The van der Waals surface area contributed by atoms with Crippen LogP contribution in [0.15, 0.2) is 60.8 Å². The summed E-state index contributed by atoms with van der Waals surface area (Å²) >= 11 is 0. The lowest BCUT2D eigenvalue weighted by Gasteiger charge is -2.20. The van der Waals surface area contributed by atoms with Crippen molar-refractivity contribution >= 4 is 34.0 Å². The van der Waals surface area contributed by atoms with Gasteiger partial charge in [-0.2, -0.15) is 0 Å². The molecule has 6 heteroatoms. The molecule has 1 N–H and O–H groups in total. The first-order chi connectivity index (χ1) is 19.0. The van der Waals surface area contributed by atoms with Crippen LogP contribution in [0.1, 0.15) is 90.7 Å². The number of carbonyl (C=O) groups excluding carboxylic acids is 2. The molecular weight excluding hydrogens is 488 g/mol. The molecule has 0 bridgehead atoms. The Morgan fingerprint density at radius 2 is 1.72 bits per heavy atom. The van der Waals surface area contributed by atoms with Gasteiger partial charge in [0, 0.05) is 35.6 Å². The van der Waals surface area contributed by atoms with Crippen LogP contribution in [0.2, 0.25) is 0 Å². The third-order valence-electron chi connectivity index (χ3n) is 6.93. The van der Waals surface area contributed by atoms with Gasteiger partial charge in [0.25, 0.3) is 0 Å². The van der Waals surface area contributed by atoms with Crippen molar-refractivity contribution in [2.45, 2.75) is 85.1 Å². The largest absolute Gasteiger partial charge is 0.491 e. The molecule has 1 amide bonds. The van der Waals surface area contributed by atoms with Crippen molar-refractivity contribution in [1.29, 1.82) is 0 Å². The summed E-state index contributed by atoms with van der Waals surface area (Å²) in [5.41, 5.74) is 3.77. The predicted octanol–water partition coefficient (Wildman–Crippen LogP) is 8.33. The average Bonchev–Trinajstić information content (AvgIpc) is 3.35. The van der Waals surface area contributed by atoms with Crippen molar-refractivity contribution in [3.05, 3.63) is 66.4 Å². The molecule has 0 fully saturated rings. The fraction of sp³-hybridized carbons (Fsp3) is 0.455. The minimum absolute atomic E-state index is 0.216. The third-order valence-corrected chi connectivity index (χ3v) is 6.93. The highest BCUT2D eigenvalue weighted by atomic mass is 16.5. The second-order valence-electron chi connectivity index (χ2n) is 10.0. The number of hydrogen-bond donors (Lipinski definition) is 1. The van der Waals surface area contributed by atoms with E-state index in [2.05, 4.69) is 54.2 Å². The molecule has 0 aliphatic heterocycles. The van der Waals surface area contributed by atoms with Crippen molar-refractivity contribution in [3.8, 4) is 5.75 Å². The smallest absolute Gasteiger partial charge is 0.305 e. The fourth-order valence-electron chi connectivity index (χ4n) is 4.81. The van der Waals surface area contributed by atoms with Gasteiger partial charge in [-0.15, -0.1) is 0 Å². The molecule has 0 radical (unpaired) electrons. The van der Waals surface area contributed by atoms with Gasteiger partial charge in [-0.1, -0.05) is 57.7 Å². The molecule has 0 saturated carbocycles. The van der Waals surface area contributed by atoms with E-state index < -0.39 is 0 Å². The molecule has 3 aromatic rings. The van der Waals surface area contributed by atoms with Gasteiger partial charge >= 0.3 is 5.97 Å². The van der Waals surface area contributed by atoms with Gasteiger partial charge in [0.1, 0.15) is 5.75 Å². The minimum atomic E-state index is -0.231. The summed E-state index contributed by atoms with van der Waals surface area (Å²) in [5.74, 6) is 0.127. The van der Waals surface area contributed by atoms with Crippen LogP contribution in [0, 0.1) is 0 Å². The van der Waals surface area contributed by atoms with Gasteiger partial charge in [0.05, 0.1) is 18.9 Å². The monoisotopic (exact) mass is 532 g/mol. The zero-order valence-corrected chi connectivity index (χ0v) is 24.0. The number of nitrogens with one attached hydrogen (secondary N) is 1. The summed E-state index contributed by atoms with van der Waals surface area (Å²) in [4.78, 5) is 24.4. The van der Waals surface area contributed by atoms with Crippen molar-refractivity contribution in [3.63, 3.8) is 0 Å². The quantitative estimate of drug-likeness (QED) is 0.114. The number of carbonyl (C=O) groups is 2. The Balaban J connectivity index is 1.66. The van der Waals surface area contributed by atoms with Gasteiger partial charge in [-0.3, -0.25) is 9.59 Å².